The first-order valence-electron chi connectivity index (χ1n) is 11.5. The third kappa shape index (κ3) is 5.98. The van der Waals surface area contributed by atoms with Gasteiger partial charge < -0.3 is 25.8 Å². The number of H-pyrrole nitrogens is 1. The van der Waals surface area contributed by atoms with Crippen LogP contribution in [-0.2, 0) is 16.1 Å². The minimum atomic E-state index is -1.16. The number of aromatic nitrogens is 2. The molecule has 0 bridgehead atoms. The van der Waals surface area contributed by atoms with Crippen LogP contribution < -0.4 is 16.0 Å². The molecule has 0 saturated heterocycles. The van der Waals surface area contributed by atoms with Gasteiger partial charge in [0.05, 0.1) is 34.1 Å². The van der Waals surface area contributed by atoms with E-state index in [0.29, 0.717) is 26.9 Å². The topological polar surface area (TPSA) is 163 Å². The smallest absolute Gasteiger partial charge is 0.330 e. The van der Waals surface area contributed by atoms with E-state index in [4.69, 9.17) is 4.74 Å². The van der Waals surface area contributed by atoms with Crippen molar-refractivity contribution in [3.63, 3.8) is 0 Å². The fourth-order valence-corrected chi connectivity index (χ4v) is 4.76. The Morgan fingerprint density at radius 3 is 2.61 bits per heavy atom. The third-order valence-corrected chi connectivity index (χ3v) is 6.93. The number of aryl methyl sites for hydroxylation is 1. The van der Waals surface area contributed by atoms with Crippen molar-refractivity contribution in [2.45, 2.75) is 19.5 Å². The number of aromatic hydroxyl groups is 1. The molecule has 4 rings (SSSR count). The van der Waals surface area contributed by atoms with Crippen LogP contribution in [0.2, 0.25) is 0 Å². The molecule has 0 aliphatic carbocycles. The molecule has 2 aromatic heterocycles. The van der Waals surface area contributed by atoms with Crippen LogP contribution in [0, 0.1) is 6.92 Å². The molecule has 0 aliphatic rings. The van der Waals surface area contributed by atoms with Gasteiger partial charge in [-0.1, -0.05) is 18.2 Å². The number of fused-ring (bicyclic) bond motifs is 1. The molecular weight excluding hydrogens is 510 g/mol. The number of phenolic OH excluding ortho intramolecular Hbond substituents is 1. The van der Waals surface area contributed by atoms with Crippen molar-refractivity contribution in [3.8, 4) is 5.75 Å². The maximum Gasteiger partial charge on any atom is 0.330 e. The third-order valence-electron chi connectivity index (χ3n) is 5.70. The molecule has 11 nitrogen and oxygen atoms in total. The lowest BCUT2D eigenvalue weighted by molar-refractivity contribution is -0.142. The Morgan fingerprint density at radius 1 is 1.05 bits per heavy atom. The molecule has 0 unspecified atom stereocenters. The summed E-state index contributed by atoms with van der Waals surface area (Å²) < 4.78 is 4.80. The molecule has 1 atom stereocenters. The molecule has 0 fully saturated rings. The molecule has 0 radical (unpaired) electrons. The summed E-state index contributed by atoms with van der Waals surface area (Å²) in [5.74, 6) is -2.05. The number of carbonyl (C=O) groups is 4. The Hall–Kier alpha value is -4.71. The zero-order valence-electron chi connectivity index (χ0n) is 20.5. The number of carbonyl (C=O) groups excluding carboxylic acids is 4. The Labute approximate surface area is 221 Å². The largest absolute Gasteiger partial charge is 0.508 e. The number of rotatable bonds is 9. The zero-order chi connectivity index (χ0) is 27.2. The van der Waals surface area contributed by atoms with Crippen molar-refractivity contribution >= 4 is 45.9 Å². The second-order valence-electron chi connectivity index (χ2n) is 8.37. The second-order valence-corrected chi connectivity index (χ2v) is 9.42. The Bertz CT molecular complexity index is 1510. The van der Waals surface area contributed by atoms with Gasteiger partial charge in [0.25, 0.3) is 17.7 Å². The first-order valence-corrected chi connectivity index (χ1v) is 12.3. The number of ether oxygens (including phenoxy) is 1. The van der Waals surface area contributed by atoms with E-state index in [-0.39, 0.29) is 29.6 Å². The summed E-state index contributed by atoms with van der Waals surface area (Å²) in [6, 6.07) is 12.0. The summed E-state index contributed by atoms with van der Waals surface area (Å²) in [6.45, 7) is 1.66. The number of hydrogen-bond acceptors (Lipinski definition) is 8. The van der Waals surface area contributed by atoms with E-state index in [1.165, 1.54) is 19.4 Å². The van der Waals surface area contributed by atoms with Gasteiger partial charge in [-0.2, -0.15) is 5.10 Å². The van der Waals surface area contributed by atoms with Crippen molar-refractivity contribution in [2.75, 3.05) is 13.7 Å². The number of phenols is 1. The number of benzene rings is 2. The zero-order valence-corrected chi connectivity index (χ0v) is 21.3. The molecular formula is C26H25N5O6S. The number of thiophene rings is 1. The van der Waals surface area contributed by atoms with Crippen molar-refractivity contribution in [3.05, 3.63) is 81.2 Å². The van der Waals surface area contributed by atoms with Crippen LogP contribution in [0.5, 0.6) is 5.75 Å². The van der Waals surface area contributed by atoms with Crippen molar-refractivity contribution in [1.82, 2.24) is 26.1 Å². The van der Waals surface area contributed by atoms with E-state index in [2.05, 4.69) is 26.1 Å². The number of aromatic amines is 1. The molecule has 4 aromatic rings. The van der Waals surface area contributed by atoms with Crippen LogP contribution in [0.25, 0.3) is 10.9 Å². The highest BCUT2D eigenvalue weighted by Crippen LogP contribution is 2.22. The fraction of sp³-hybridized carbons (Fsp3) is 0.192. The van der Waals surface area contributed by atoms with Crippen molar-refractivity contribution in [2.24, 2.45) is 0 Å². The summed E-state index contributed by atoms with van der Waals surface area (Å²) in [4.78, 5) is 51.3. The minimum Gasteiger partial charge on any atom is -0.508 e. The highest BCUT2D eigenvalue weighted by molar-refractivity contribution is 7.16. The maximum absolute atomic E-state index is 13.0. The van der Waals surface area contributed by atoms with Crippen LogP contribution in [0.4, 0.5) is 0 Å². The monoisotopic (exact) mass is 535 g/mol. The lowest BCUT2D eigenvalue weighted by Crippen LogP contribution is -2.49. The Balaban J connectivity index is 1.40. The van der Waals surface area contributed by atoms with E-state index in [0.717, 1.165) is 16.9 Å². The van der Waals surface area contributed by atoms with Gasteiger partial charge in [-0.05, 0) is 48.4 Å². The first-order chi connectivity index (χ1) is 18.3. The molecule has 0 saturated carbocycles. The fourth-order valence-electron chi connectivity index (χ4n) is 3.77. The Kier molecular flexibility index (Phi) is 8.02. The van der Waals surface area contributed by atoms with E-state index in [1.807, 2.05) is 0 Å². The van der Waals surface area contributed by atoms with Gasteiger partial charge in [0.1, 0.15) is 11.8 Å². The predicted octanol–water partition coefficient (Wildman–Crippen LogP) is 2.27. The highest BCUT2D eigenvalue weighted by atomic mass is 32.1. The molecule has 0 aliphatic heterocycles. The van der Waals surface area contributed by atoms with Crippen LogP contribution >= 0.6 is 11.3 Å². The lowest BCUT2D eigenvalue weighted by Gasteiger charge is -2.17. The Morgan fingerprint density at radius 2 is 1.84 bits per heavy atom. The van der Waals surface area contributed by atoms with Crippen molar-refractivity contribution < 1.29 is 29.0 Å². The molecule has 2 aromatic carbocycles. The molecule has 5 N–H and O–H groups in total. The van der Waals surface area contributed by atoms with Gasteiger partial charge in [0.15, 0.2) is 0 Å². The molecule has 2 heterocycles. The number of nitrogens with zero attached hydrogens (tertiary/aromatic N) is 1. The van der Waals surface area contributed by atoms with Gasteiger partial charge in [-0.25, -0.2) is 4.79 Å². The molecule has 12 heteroatoms. The van der Waals surface area contributed by atoms with Gasteiger partial charge in [-0.3, -0.25) is 19.5 Å². The van der Waals surface area contributed by atoms with E-state index in [1.54, 1.807) is 49.4 Å². The average molecular weight is 536 g/mol. The van der Waals surface area contributed by atoms with Gasteiger partial charge in [-0.15, -0.1) is 11.3 Å². The van der Waals surface area contributed by atoms with E-state index in [9.17, 15) is 24.3 Å². The maximum atomic E-state index is 13.0. The predicted molar refractivity (Wildman–Crippen MR) is 140 cm³/mol. The summed E-state index contributed by atoms with van der Waals surface area (Å²) in [5, 5.41) is 24.9. The van der Waals surface area contributed by atoms with Gasteiger partial charge >= 0.3 is 5.97 Å². The number of nitrogens with one attached hydrogen (secondary N) is 4. The van der Waals surface area contributed by atoms with E-state index < -0.39 is 23.8 Å². The SMILES string of the molecule is COC(=O)[C@H](CNC(=O)c1cccc2[nH]ncc12)NC(=O)c1sc(C(=O)NCc2cccc(O)c2)cc1C. The molecule has 3 amide bonds. The molecule has 38 heavy (non-hydrogen) atoms. The molecule has 0 spiro atoms. The molecule has 196 valence electrons. The minimum absolute atomic E-state index is 0.0950. The normalized spacial score (nSPS) is 11.5. The first kappa shape index (κ1) is 26.4. The van der Waals surface area contributed by atoms with Crippen LogP contribution in [0.3, 0.4) is 0 Å². The number of methoxy groups -OCH3 is 1. The van der Waals surface area contributed by atoms with Crippen molar-refractivity contribution in [1.29, 1.82) is 0 Å². The van der Waals surface area contributed by atoms with Gasteiger partial charge in [0.2, 0.25) is 0 Å². The average Bonchev–Trinajstić information content (AvgIpc) is 3.55. The summed E-state index contributed by atoms with van der Waals surface area (Å²) in [7, 11) is 1.18. The summed E-state index contributed by atoms with van der Waals surface area (Å²) >= 11 is 0.976. The van der Waals surface area contributed by atoms with E-state index >= 15 is 0 Å². The summed E-state index contributed by atoms with van der Waals surface area (Å²) in [6.07, 6.45) is 1.53. The summed E-state index contributed by atoms with van der Waals surface area (Å²) in [5.41, 5.74) is 2.32. The van der Waals surface area contributed by atoms with Crippen LogP contribution in [0.1, 0.15) is 40.8 Å². The standard InChI is InChI=1S/C26H25N5O6S/c1-14-9-21(24(34)27-11-15-5-3-6-16(32)10-15)38-22(14)25(35)30-20(26(36)37-2)13-28-23(33)17-7-4-8-19-18(17)12-29-31-19/h3-10,12,20,32H,11,13H2,1-2H3,(H,27,34)(H,28,33)(H,29,31)(H,30,35)/t20-/m0/s1. The number of hydrogen-bond donors (Lipinski definition) is 5. The van der Waals surface area contributed by atoms with Gasteiger partial charge in [0, 0.05) is 18.5 Å². The lowest BCUT2D eigenvalue weighted by atomic mass is 10.1. The number of esters is 1. The second kappa shape index (κ2) is 11.6. The highest BCUT2D eigenvalue weighted by Gasteiger charge is 2.26. The van der Waals surface area contributed by atoms with Crippen LogP contribution in [-0.4, -0.2) is 58.7 Å². The quantitative estimate of drug-likeness (QED) is 0.205. The number of amides is 3. The van der Waals surface area contributed by atoms with Crippen LogP contribution in [0.15, 0.2) is 54.7 Å².